The van der Waals surface area contributed by atoms with Crippen LogP contribution in [0.4, 0.5) is 4.39 Å². The van der Waals surface area contributed by atoms with Crippen LogP contribution in [0.3, 0.4) is 0 Å². The molecule has 1 rings (SSSR count). The van der Waals surface area contributed by atoms with Gasteiger partial charge in [-0.05, 0) is 19.1 Å². The van der Waals surface area contributed by atoms with Crippen LogP contribution >= 0.6 is 0 Å². The van der Waals surface area contributed by atoms with E-state index in [1.807, 2.05) is 0 Å². The predicted molar refractivity (Wildman–Crippen MR) is 65.2 cm³/mol. The highest BCUT2D eigenvalue weighted by atomic mass is 19.1. The van der Waals surface area contributed by atoms with Crippen molar-refractivity contribution in [3.05, 3.63) is 29.6 Å². The van der Waals surface area contributed by atoms with Gasteiger partial charge in [-0.15, -0.1) is 0 Å². The first-order valence-corrected chi connectivity index (χ1v) is 5.67. The van der Waals surface area contributed by atoms with Crippen LogP contribution in [-0.2, 0) is 4.79 Å². The van der Waals surface area contributed by atoms with Crippen molar-refractivity contribution in [1.82, 2.24) is 5.32 Å². The number of carbonyl (C=O) groups is 2. The number of ether oxygens (including phenoxy) is 1. The van der Waals surface area contributed by atoms with Crippen LogP contribution in [0, 0.1) is 5.82 Å². The van der Waals surface area contributed by atoms with Gasteiger partial charge in [-0.1, -0.05) is 13.0 Å². The van der Waals surface area contributed by atoms with Gasteiger partial charge in [-0.25, -0.2) is 4.39 Å². The summed E-state index contributed by atoms with van der Waals surface area (Å²) in [5.74, 6) is -1.30. The molecule has 0 saturated carbocycles. The minimum absolute atomic E-state index is 0.112. The number of hydrogen-bond donors (Lipinski definition) is 1. The molecule has 0 bridgehead atoms. The quantitative estimate of drug-likeness (QED) is 0.872. The van der Waals surface area contributed by atoms with Gasteiger partial charge in [0.05, 0.1) is 13.2 Å². The lowest BCUT2D eigenvalue weighted by atomic mass is 10.1. The number of rotatable bonds is 5. The minimum atomic E-state index is -0.678. The summed E-state index contributed by atoms with van der Waals surface area (Å²) >= 11 is 0. The molecule has 0 aliphatic carbocycles. The zero-order chi connectivity index (χ0) is 13.7. The molecule has 18 heavy (non-hydrogen) atoms. The summed E-state index contributed by atoms with van der Waals surface area (Å²) in [6, 6.07) is 3.46. The van der Waals surface area contributed by atoms with E-state index in [1.165, 1.54) is 25.3 Å². The molecule has 1 amide bonds. The Hall–Kier alpha value is -1.91. The maximum Gasteiger partial charge on any atom is 0.258 e. The van der Waals surface area contributed by atoms with Crippen LogP contribution in [0.5, 0.6) is 5.75 Å². The highest BCUT2D eigenvalue weighted by molar-refractivity contribution is 6.00. The summed E-state index contributed by atoms with van der Waals surface area (Å²) in [5.41, 5.74) is -0.184. The first-order valence-electron chi connectivity index (χ1n) is 5.67. The Bertz CT molecular complexity index is 460. The molecule has 0 aliphatic heterocycles. The Kier molecular flexibility index (Phi) is 4.83. The number of nitrogens with one attached hydrogen (secondary N) is 1. The average Bonchev–Trinajstić information content (AvgIpc) is 2.36. The standard InChI is InChI=1S/C13H16FNO3/c1-4-10(16)8(2)15-13(17)12-9(14)6-5-7-11(12)18-3/h5-8H,4H2,1-3H3,(H,15,17). The van der Waals surface area contributed by atoms with Crippen molar-refractivity contribution in [1.29, 1.82) is 0 Å². The molecule has 98 valence electrons. The van der Waals surface area contributed by atoms with Crippen molar-refractivity contribution >= 4 is 11.7 Å². The van der Waals surface area contributed by atoms with Crippen LogP contribution in [0.2, 0.25) is 0 Å². The maximum absolute atomic E-state index is 13.6. The van der Waals surface area contributed by atoms with E-state index in [0.717, 1.165) is 0 Å². The summed E-state index contributed by atoms with van der Waals surface area (Å²) in [6.45, 7) is 3.27. The molecular formula is C13H16FNO3. The molecule has 1 aromatic rings. The summed E-state index contributed by atoms with van der Waals surface area (Å²) in [6.07, 6.45) is 0.315. The fourth-order valence-corrected chi connectivity index (χ4v) is 1.55. The van der Waals surface area contributed by atoms with E-state index in [0.29, 0.717) is 6.42 Å². The number of halogens is 1. The molecule has 1 unspecified atom stereocenters. The van der Waals surface area contributed by atoms with Crippen molar-refractivity contribution in [3.8, 4) is 5.75 Å². The molecule has 0 spiro atoms. The first kappa shape index (κ1) is 14.2. The number of methoxy groups -OCH3 is 1. The van der Waals surface area contributed by atoms with Gasteiger partial charge in [0.2, 0.25) is 0 Å². The molecule has 1 N–H and O–H groups in total. The van der Waals surface area contributed by atoms with Crippen molar-refractivity contribution in [3.63, 3.8) is 0 Å². The maximum atomic E-state index is 13.6. The lowest BCUT2D eigenvalue weighted by Crippen LogP contribution is -2.38. The smallest absolute Gasteiger partial charge is 0.258 e. The van der Waals surface area contributed by atoms with Crippen LogP contribution in [0.1, 0.15) is 30.6 Å². The Morgan fingerprint density at radius 3 is 2.67 bits per heavy atom. The number of carbonyl (C=O) groups excluding carboxylic acids is 2. The van der Waals surface area contributed by atoms with E-state index in [4.69, 9.17) is 4.74 Å². The molecule has 1 aromatic carbocycles. The third kappa shape index (κ3) is 3.06. The molecule has 0 heterocycles. The van der Waals surface area contributed by atoms with E-state index in [-0.39, 0.29) is 17.1 Å². The Morgan fingerprint density at radius 1 is 1.44 bits per heavy atom. The SMILES string of the molecule is CCC(=O)C(C)NC(=O)c1c(F)cccc1OC. The highest BCUT2D eigenvalue weighted by Crippen LogP contribution is 2.21. The fourth-order valence-electron chi connectivity index (χ4n) is 1.55. The van der Waals surface area contributed by atoms with Gasteiger partial charge in [0.25, 0.3) is 5.91 Å². The largest absolute Gasteiger partial charge is 0.496 e. The summed E-state index contributed by atoms with van der Waals surface area (Å²) < 4.78 is 18.5. The molecular weight excluding hydrogens is 237 g/mol. The highest BCUT2D eigenvalue weighted by Gasteiger charge is 2.21. The summed E-state index contributed by atoms with van der Waals surface area (Å²) in [7, 11) is 1.35. The Morgan fingerprint density at radius 2 is 2.11 bits per heavy atom. The fraction of sp³-hybridized carbons (Fsp3) is 0.385. The molecule has 0 aliphatic rings. The molecule has 1 atom stereocenters. The van der Waals surface area contributed by atoms with Crippen molar-refractivity contribution < 1.29 is 18.7 Å². The lowest BCUT2D eigenvalue weighted by molar-refractivity contribution is -0.120. The van der Waals surface area contributed by atoms with Gasteiger partial charge in [-0.2, -0.15) is 0 Å². The van der Waals surface area contributed by atoms with Gasteiger partial charge < -0.3 is 10.1 Å². The third-order valence-corrected chi connectivity index (χ3v) is 2.60. The monoisotopic (exact) mass is 253 g/mol. The summed E-state index contributed by atoms with van der Waals surface area (Å²) in [4.78, 5) is 23.3. The topological polar surface area (TPSA) is 55.4 Å². The first-order chi connectivity index (χ1) is 8.51. The molecule has 4 nitrogen and oxygen atoms in total. The average molecular weight is 253 g/mol. The summed E-state index contributed by atoms with van der Waals surface area (Å²) in [5, 5.41) is 2.45. The number of amides is 1. The number of ketones is 1. The van der Waals surface area contributed by atoms with Crippen LogP contribution in [0.25, 0.3) is 0 Å². The molecule has 0 radical (unpaired) electrons. The normalized spacial score (nSPS) is 11.8. The van der Waals surface area contributed by atoms with Crippen molar-refractivity contribution in [2.75, 3.05) is 7.11 Å². The van der Waals surface area contributed by atoms with Crippen LogP contribution in [0.15, 0.2) is 18.2 Å². The second kappa shape index (κ2) is 6.14. The molecule has 0 fully saturated rings. The Balaban J connectivity index is 2.94. The molecule has 0 aromatic heterocycles. The Labute approximate surface area is 105 Å². The second-order valence-corrected chi connectivity index (χ2v) is 3.83. The predicted octanol–water partition coefficient (Wildman–Crippen LogP) is 1.93. The van der Waals surface area contributed by atoms with Crippen molar-refractivity contribution in [2.45, 2.75) is 26.3 Å². The number of Topliss-reactive ketones (excluding diaryl/α,β-unsaturated/α-hetero) is 1. The van der Waals surface area contributed by atoms with Gasteiger partial charge in [0, 0.05) is 6.42 Å². The van der Waals surface area contributed by atoms with E-state index in [9.17, 15) is 14.0 Å². The van der Waals surface area contributed by atoms with Crippen LogP contribution in [-0.4, -0.2) is 24.8 Å². The van der Waals surface area contributed by atoms with E-state index in [2.05, 4.69) is 5.32 Å². The molecule has 5 heteroatoms. The van der Waals surface area contributed by atoms with E-state index >= 15 is 0 Å². The zero-order valence-electron chi connectivity index (χ0n) is 10.6. The zero-order valence-corrected chi connectivity index (χ0v) is 10.6. The van der Waals surface area contributed by atoms with Gasteiger partial charge in [0.1, 0.15) is 17.1 Å². The van der Waals surface area contributed by atoms with Crippen molar-refractivity contribution in [2.24, 2.45) is 0 Å². The third-order valence-electron chi connectivity index (χ3n) is 2.60. The van der Waals surface area contributed by atoms with E-state index < -0.39 is 17.8 Å². The van der Waals surface area contributed by atoms with Gasteiger partial charge in [-0.3, -0.25) is 9.59 Å². The number of hydrogen-bond acceptors (Lipinski definition) is 3. The number of benzene rings is 1. The minimum Gasteiger partial charge on any atom is -0.496 e. The van der Waals surface area contributed by atoms with Gasteiger partial charge in [0.15, 0.2) is 5.78 Å². The van der Waals surface area contributed by atoms with Crippen LogP contribution < -0.4 is 10.1 Å². The van der Waals surface area contributed by atoms with Gasteiger partial charge >= 0.3 is 0 Å². The molecule has 0 saturated heterocycles. The lowest BCUT2D eigenvalue weighted by Gasteiger charge is -2.14. The second-order valence-electron chi connectivity index (χ2n) is 3.83. The van der Waals surface area contributed by atoms with E-state index in [1.54, 1.807) is 13.8 Å².